The zero-order valence-electron chi connectivity index (χ0n) is 15.8. The van der Waals surface area contributed by atoms with E-state index in [9.17, 15) is 24.9 Å². The van der Waals surface area contributed by atoms with E-state index < -0.39 is 24.0 Å². The number of carboxylic acids is 2. The van der Waals surface area contributed by atoms with Crippen molar-refractivity contribution in [3.8, 4) is 5.75 Å². The summed E-state index contributed by atoms with van der Waals surface area (Å²) < 4.78 is 0. The average molecular weight is 384 g/mol. The van der Waals surface area contributed by atoms with Gasteiger partial charge in [0.05, 0.1) is 0 Å². The molecule has 7 nitrogen and oxygen atoms in total. The van der Waals surface area contributed by atoms with Crippen molar-refractivity contribution in [2.75, 3.05) is 4.90 Å². The summed E-state index contributed by atoms with van der Waals surface area (Å²) in [7, 11) is 0. The molecule has 2 aromatic carbocycles. The lowest BCUT2D eigenvalue weighted by Gasteiger charge is -2.38. The molecule has 0 aliphatic carbocycles. The van der Waals surface area contributed by atoms with Gasteiger partial charge >= 0.3 is 11.9 Å². The van der Waals surface area contributed by atoms with Crippen molar-refractivity contribution in [1.82, 2.24) is 0 Å². The van der Waals surface area contributed by atoms with Crippen LogP contribution >= 0.6 is 0 Å². The van der Waals surface area contributed by atoms with Crippen molar-refractivity contribution in [2.45, 2.75) is 45.3 Å². The molecule has 2 atom stereocenters. The third kappa shape index (κ3) is 3.53. The summed E-state index contributed by atoms with van der Waals surface area (Å²) >= 11 is 0. The summed E-state index contributed by atoms with van der Waals surface area (Å²) in [5.74, 6) is -2.03. The number of carbonyl (C=O) groups is 2. The number of carboxylic acid groups (broad SMARTS) is 2. The number of aromatic hydroxyl groups is 1. The van der Waals surface area contributed by atoms with Gasteiger partial charge in [-0.15, -0.1) is 0 Å². The number of phenolic OH excluding ortho intramolecular Hbond substituents is 1. The molecular weight excluding hydrogens is 360 g/mol. The van der Waals surface area contributed by atoms with Crippen LogP contribution in [-0.2, 0) is 29.0 Å². The van der Waals surface area contributed by atoms with E-state index in [1.807, 2.05) is 24.3 Å². The van der Waals surface area contributed by atoms with Crippen LogP contribution in [-0.4, -0.2) is 39.3 Å². The third-order valence-corrected chi connectivity index (χ3v) is 5.36. The van der Waals surface area contributed by atoms with Gasteiger partial charge in [0.1, 0.15) is 17.8 Å². The number of hydrogen-bond acceptors (Lipinski definition) is 5. The van der Waals surface area contributed by atoms with E-state index in [4.69, 9.17) is 5.73 Å². The van der Waals surface area contributed by atoms with Gasteiger partial charge in [-0.05, 0) is 36.1 Å². The van der Waals surface area contributed by atoms with Gasteiger partial charge in [0.25, 0.3) is 0 Å². The lowest BCUT2D eigenvalue weighted by atomic mass is 9.90. The van der Waals surface area contributed by atoms with Crippen LogP contribution in [0.2, 0.25) is 0 Å². The zero-order valence-corrected chi connectivity index (χ0v) is 15.8. The molecule has 1 heterocycles. The SMILES string of the molecule is Cc1cc(CC(N)C(=O)O)c(N2Cc3ccccc3CC2C(=O)O)c(C)c1O. The first-order valence-corrected chi connectivity index (χ1v) is 9.07. The number of aliphatic carboxylic acids is 2. The Morgan fingerprint density at radius 1 is 1.21 bits per heavy atom. The maximum absolute atomic E-state index is 12.0. The van der Waals surface area contributed by atoms with Crippen molar-refractivity contribution in [3.05, 3.63) is 58.1 Å². The van der Waals surface area contributed by atoms with E-state index >= 15 is 0 Å². The first kappa shape index (κ1) is 19.7. The summed E-state index contributed by atoms with van der Waals surface area (Å²) in [5, 5.41) is 29.6. The Morgan fingerprint density at radius 3 is 2.46 bits per heavy atom. The van der Waals surface area contributed by atoms with Gasteiger partial charge in [0, 0.05) is 30.6 Å². The number of anilines is 1. The van der Waals surface area contributed by atoms with Crippen LogP contribution < -0.4 is 10.6 Å². The fourth-order valence-corrected chi connectivity index (χ4v) is 3.91. The number of aryl methyl sites for hydroxylation is 1. The predicted octanol–water partition coefficient (Wildman–Crippen LogP) is 1.98. The monoisotopic (exact) mass is 384 g/mol. The molecule has 3 rings (SSSR count). The number of nitrogens with zero attached hydrogens (tertiary/aromatic N) is 1. The van der Waals surface area contributed by atoms with Gasteiger partial charge in [0.2, 0.25) is 0 Å². The fourth-order valence-electron chi connectivity index (χ4n) is 3.91. The number of benzene rings is 2. The van der Waals surface area contributed by atoms with E-state index in [2.05, 4.69) is 0 Å². The minimum atomic E-state index is -1.13. The molecule has 7 heteroatoms. The average Bonchev–Trinajstić information content (AvgIpc) is 2.65. The summed E-state index contributed by atoms with van der Waals surface area (Å²) in [6.07, 6.45) is 0.362. The Bertz CT molecular complexity index is 941. The lowest BCUT2D eigenvalue weighted by Crippen LogP contribution is -2.46. The summed E-state index contributed by atoms with van der Waals surface area (Å²) in [6.45, 7) is 3.79. The van der Waals surface area contributed by atoms with Gasteiger partial charge < -0.3 is 26.0 Å². The molecule has 0 radical (unpaired) electrons. The highest BCUT2D eigenvalue weighted by Gasteiger charge is 2.34. The van der Waals surface area contributed by atoms with Gasteiger partial charge in [0.15, 0.2) is 0 Å². The van der Waals surface area contributed by atoms with Crippen LogP contribution in [0.1, 0.15) is 27.8 Å². The van der Waals surface area contributed by atoms with Crippen LogP contribution in [0.4, 0.5) is 5.69 Å². The van der Waals surface area contributed by atoms with E-state index in [0.29, 0.717) is 35.3 Å². The standard InChI is InChI=1S/C21H24N2O5/c1-11-7-15(8-16(22)20(25)26)18(12(2)19(11)24)23-10-14-6-4-3-5-13(14)9-17(23)21(27)28/h3-7,16-17,24H,8-10,22H2,1-2H3,(H,25,26)(H,27,28). The minimum Gasteiger partial charge on any atom is -0.507 e. The van der Waals surface area contributed by atoms with Crippen LogP contribution in [0.25, 0.3) is 0 Å². The number of fused-ring (bicyclic) bond motifs is 1. The van der Waals surface area contributed by atoms with Crippen molar-refractivity contribution >= 4 is 17.6 Å². The Kier molecular flexibility index (Phi) is 5.29. The molecule has 1 aliphatic heterocycles. The fraction of sp³-hybridized carbons (Fsp3) is 0.333. The van der Waals surface area contributed by atoms with Crippen molar-refractivity contribution in [1.29, 1.82) is 0 Å². The molecule has 0 aromatic heterocycles. The second kappa shape index (κ2) is 7.52. The summed E-state index contributed by atoms with van der Waals surface area (Å²) in [5.41, 5.74) is 10.0. The second-order valence-corrected chi connectivity index (χ2v) is 7.28. The van der Waals surface area contributed by atoms with Gasteiger partial charge in [-0.2, -0.15) is 0 Å². The molecule has 0 spiro atoms. The Morgan fingerprint density at radius 2 is 1.86 bits per heavy atom. The molecule has 0 fully saturated rings. The molecule has 2 aromatic rings. The first-order valence-electron chi connectivity index (χ1n) is 9.07. The maximum Gasteiger partial charge on any atom is 0.326 e. The Balaban J connectivity index is 2.16. The van der Waals surface area contributed by atoms with Gasteiger partial charge in [-0.3, -0.25) is 4.79 Å². The minimum absolute atomic E-state index is 0.0388. The second-order valence-electron chi connectivity index (χ2n) is 7.28. The smallest absolute Gasteiger partial charge is 0.326 e. The van der Waals surface area contributed by atoms with E-state index in [1.165, 1.54) is 0 Å². The molecule has 28 heavy (non-hydrogen) atoms. The van der Waals surface area contributed by atoms with Crippen LogP contribution in [0.5, 0.6) is 5.75 Å². The molecule has 0 amide bonds. The van der Waals surface area contributed by atoms with E-state index in [1.54, 1.807) is 24.8 Å². The molecule has 2 unspecified atom stereocenters. The molecular formula is C21H24N2O5. The molecule has 0 saturated heterocycles. The largest absolute Gasteiger partial charge is 0.507 e. The van der Waals surface area contributed by atoms with E-state index in [0.717, 1.165) is 11.1 Å². The van der Waals surface area contributed by atoms with Crippen molar-refractivity contribution < 1.29 is 24.9 Å². The van der Waals surface area contributed by atoms with Crippen molar-refractivity contribution in [3.63, 3.8) is 0 Å². The zero-order chi connectivity index (χ0) is 20.6. The number of rotatable bonds is 5. The van der Waals surface area contributed by atoms with Crippen LogP contribution in [0.3, 0.4) is 0 Å². The third-order valence-electron chi connectivity index (χ3n) is 5.36. The quantitative estimate of drug-likeness (QED) is 0.621. The summed E-state index contributed by atoms with van der Waals surface area (Å²) in [6, 6.07) is 7.40. The molecule has 148 valence electrons. The molecule has 5 N–H and O–H groups in total. The molecule has 0 bridgehead atoms. The van der Waals surface area contributed by atoms with Crippen molar-refractivity contribution in [2.24, 2.45) is 5.73 Å². The topological polar surface area (TPSA) is 124 Å². The number of nitrogens with two attached hydrogens (primary N) is 1. The first-order chi connectivity index (χ1) is 13.2. The Labute approximate surface area is 163 Å². The number of phenols is 1. The van der Waals surface area contributed by atoms with E-state index in [-0.39, 0.29) is 12.2 Å². The lowest BCUT2D eigenvalue weighted by molar-refractivity contribution is -0.139. The van der Waals surface area contributed by atoms with Crippen LogP contribution in [0.15, 0.2) is 30.3 Å². The highest BCUT2D eigenvalue weighted by Crippen LogP contribution is 2.39. The Hall–Kier alpha value is -3.06. The molecule has 0 saturated carbocycles. The van der Waals surface area contributed by atoms with Gasteiger partial charge in [-0.25, -0.2) is 4.79 Å². The normalized spacial score (nSPS) is 17.1. The number of hydrogen-bond donors (Lipinski definition) is 4. The van der Waals surface area contributed by atoms with Gasteiger partial charge in [-0.1, -0.05) is 30.3 Å². The molecule has 1 aliphatic rings. The van der Waals surface area contributed by atoms with Crippen LogP contribution in [0, 0.1) is 13.8 Å². The highest BCUT2D eigenvalue weighted by molar-refractivity contribution is 5.82. The summed E-state index contributed by atoms with van der Waals surface area (Å²) in [4.78, 5) is 25.1. The highest BCUT2D eigenvalue weighted by atomic mass is 16.4. The predicted molar refractivity (Wildman–Crippen MR) is 105 cm³/mol. The maximum atomic E-state index is 12.0.